The lowest BCUT2D eigenvalue weighted by Crippen LogP contribution is -1.98. The van der Waals surface area contributed by atoms with E-state index >= 15 is 0 Å². The number of ether oxygens (including phenoxy) is 2. The van der Waals surface area contributed by atoms with E-state index in [1.807, 2.05) is 32.0 Å². The summed E-state index contributed by atoms with van der Waals surface area (Å²) in [6.07, 6.45) is 0. The summed E-state index contributed by atoms with van der Waals surface area (Å²) < 4.78 is 16.4. The lowest BCUT2D eigenvalue weighted by atomic mass is 10.2. The van der Waals surface area contributed by atoms with Crippen LogP contribution in [0.5, 0.6) is 11.5 Å². The molecule has 1 aromatic heterocycles. The fraction of sp³-hybridized carbons (Fsp3) is 0.385. The highest BCUT2D eigenvalue weighted by Gasteiger charge is 2.12. The first-order valence-electron chi connectivity index (χ1n) is 6.06. The quantitative estimate of drug-likeness (QED) is 0.761. The summed E-state index contributed by atoms with van der Waals surface area (Å²) in [4.78, 5) is 0. The van der Waals surface area contributed by atoms with Gasteiger partial charge in [-0.25, -0.2) is 0 Å². The SMILES string of the molecule is CCOc1ccc(-c2nnc(CCl)o2)cc1OCC. The van der Waals surface area contributed by atoms with Crippen molar-refractivity contribution in [2.24, 2.45) is 0 Å². The average Bonchev–Trinajstić information content (AvgIpc) is 2.90. The number of nitrogens with zero attached hydrogens (tertiary/aromatic N) is 2. The van der Waals surface area contributed by atoms with Crippen LogP contribution in [-0.4, -0.2) is 23.4 Å². The lowest BCUT2D eigenvalue weighted by Gasteiger charge is -2.11. The van der Waals surface area contributed by atoms with E-state index in [-0.39, 0.29) is 5.88 Å². The third-order valence-corrected chi connectivity index (χ3v) is 2.60. The van der Waals surface area contributed by atoms with Crippen molar-refractivity contribution in [3.63, 3.8) is 0 Å². The average molecular weight is 283 g/mol. The number of hydrogen-bond acceptors (Lipinski definition) is 5. The van der Waals surface area contributed by atoms with Crippen molar-refractivity contribution in [1.82, 2.24) is 10.2 Å². The van der Waals surface area contributed by atoms with Crippen LogP contribution in [0, 0.1) is 0 Å². The zero-order valence-electron chi connectivity index (χ0n) is 10.9. The topological polar surface area (TPSA) is 57.4 Å². The van der Waals surface area contributed by atoms with Crippen LogP contribution in [-0.2, 0) is 5.88 Å². The summed E-state index contributed by atoms with van der Waals surface area (Å²) in [6.45, 7) is 4.98. The second kappa shape index (κ2) is 6.43. The molecule has 102 valence electrons. The summed E-state index contributed by atoms with van der Waals surface area (Å²) >= 11 is 5.63. The van der Waals surface area contributed by atoms with E-state index in [0.29, 0.717) is 36.5 Å². The van der Waals surface area contributed by atoms with Crippen LogP contribution < -0.4 is 9.47 Å². The van der Waals surface area contributed by atoms with Gasteiger partial charge in [-0.05, 0) is 32.0 Å². The third kappa shape index (κ3) is 3.17. The summed E-state index contributed by atoms with van der Waals surface area (Å²) in [7, 11) is 0. The molecule has 0 unspecified atom stereocenters. The molecule has 2 rings (SSSR count). The first-order valence-corrected chi connectivity index (χ1v) is 6.60. The van der Waals surface area contributed by atoms with Crippen molar-refractivity contribution in [1.29, 1.82) is 0 Å². The predicted molar refractivity (Wildman–Crippen MR) is 71.6 cm³/mol. The molecule has 0 aliphatic rings. The van der Waals surface area contributed by atoms with Crippen LogP contribution >= 0.6 is 11.6 Å². The molecular formula is C13H15ClN2O3. The zero-order valence-corrected chi connectivity index (χ0v) is 11.6. The molecule has 0 amide bonds. The molecule has 0 atom stereocenters. The summed E-state index contributed by atoms with van der Waals surface area (Å²) in [5, 5.41) is 7.76. The highest BCUT2D eigenvalue weighted by atomic mass is 35.5. The summed E-state index contributed by atoms with van der Waals surface area (Å²) in [5.74, 6) is 2.36. The molecule has 1 heterocycles. The van der Waals surface area contributed by atoms with Gasteiger partial charge < -0.3 is 13.9 Å². The Labute approximate surface area is 116 Å². The van der Waals surface area contributed by atoms with E-state index in [9.17, 15) is 0 Å². The van der Waals surface area contributed by atoms with E-state index in [4.69, 9.17) is 25.5 Å². The van der Waals surface area contributed by atoms with Crippen molar-refractivity contribution in [3.05, 3.63) is 24.1 Å². The van der Waals surface area contributed by atoms with Crippen LogP contribution in [0.25, 0.3) is 11.5 Å². The van der Waals surface area contributed by atoms with Crippen LogP contribution in [0.4, 0.5) is 0 Å². The Kier molecular flexibility index (Phi) is 4.63. The number of aromatic nitrogens is 2. The van der Waals surface area contributed by atoms with Gasteiger partial charge in [0.25, 0.3) is 0 Å². The summed E-state index contributed by atoms with van der Waals surface area (Å²) in [6, 6.07) is 5.49. The van der Waals surface area contributed by atoms with E-state index in [0.717, 1.165) is 5.56 Å². The standard InChI is InChI=1S/C13H15ClN2O3/c1-3-17-10-6-5-9(7-11(10)18-4-2)13-16-15-12(8-14)19-13/h5-7H,3-4,8H2,1-2H3. The van der Waals surface area contributed by atoms with Gasteiger partial charge in [-0.15, -0.1) is 21.8 Å². The molecular weight excluding hydrogens is 268 g/mol. The zero-order chi connectivity index (χ0) is 13.7. The number of rotatable bonds is 6. The van der Waals surface area contributed by atoms with E-state index in [2.05, 4.69) is 10.2 Å². The second-order valence-corrected chi connectivity index (χ2v) is 3.93. The molecule has 2 aromatic rings. The second-order valence-electron chi connectivity index (χ2n) is 3.66. The maximum absolute atomic E-state index is 5.63. The maximum atomic E-state index is 5.63. The Bertz CT molecular complexity index is 542. The molecule has 0 aliphatic heterocycles. The van der Waals surface area contributed by atoms with Crippen LogP contribution in [0.2, 0.25) is 0 Å². The minimum Gasteiger partial charge on any atom is -0.490 e. The van der Waals surface area contributed by atoms with Gasteiger partial charge in [-0.2, -0.15) is 0 Å². The Morgan fingerprint density at radius 3 is 2.47 bits per heavy atom. The lowest BCUT2D eigenvalue weighted by molar-refractivity contribution is 0.288. The smallest absolute Gasteiger partial charge is 0.247 e. The van der Waals surface area contributed by atoms with Gasteiger partial charge >= 0.3 is 0 Å². The molecule has 1 aromatic carbocycles. The molecule has 19 heavy (non-hydrogen) atoms. The Hall–Kier alpha value is -1.75. The van der Waals surface area contributed by atoms with Gasteiger partial charge in [0.05, 0.1) is 13.2 Å². The van der Waals surface area contributed by atoms with Crippen molar-refractivity contribution in [2.45, 2.75) is 19.7 Å². The predicted octanol–water partition coefficient (Wildman–Crippen LogP) is 3.27. The normalized spacial score (nSPS) is 10.5. The van der Waals surface area contributed by atoms with E-state index < -0.39 is 0 Å². The largest absolute Gasteiger partial charge is 0.490 e. The minimum absolute atomic E-state index is 0.197. The molecule has 0 N–H and O–H groups in total. The van der Waals surface area contributed by atoms with E-state index in [1.54, 1.807) is 0 Å². The maximum Gasteiger partial charge on any atom is 0.247 e. The molecule has 0 bridgehead atoms. The van der Waals surface area contributed by atoms with E-state index in [1.165, 1.54) is 0 Å². The highest BCUT2D eigenvalue weighted by Crippen LogP contribution is 2.32. The molecule has 0 radical (unpaired) electrons. The fourth-order valence-electron chi connectivity index (χ4n) is 1.61. The highest BCUT2D eigenvalue weighted by molar-refractivity contribution is 6.16. The molecule has 0 spiro atoms. The molecule has 0 saturated carbocycles. The van der Waals surface area contributed by atoms with Gasteiger partial charge in [0.1, 0.15) is 5.88 Å². The molecule has 0 aliphatic carbocycles. The van der Waals surface area contributed by atoms with Crippen molar-refractivity contribution in [2.75, 3.05) is 13.2 Å². The Morgan fingerprint density at radius 1 is 1.11 bits per heavy atom. The molecule has 0 saturated heterocycles. The first-order chi connectivity index (χ1) is 9.28. The fourth-order valence-corrected chi connectivity index (χ4v) is 1.72. The van der Waals surface area contributed by atoms with Crippen LogP contribution in [0.1, 0.15) is 19.7 Å². The van der Waals surface area contributed by atoms with Gasteiger partial charge in [-0.1, -0.05) is 0 Å². The number of benzene rings is 1. The molecule has 0 fully saturated rings. The van der Waals surface area contributed by atoms with Gasteiger partial charge in [0, 0.05) is 5.56 Å². The van der Waals surface area contributed by atoms with Gasteiger partial charge in [0.15, 0.2) is 11.5 Å². The third-order valence-electron chi connectivity index (χ3n) is 2.37. The van der Waals surface area contributed by atoms with Gasteiger partial charge in [-0.3, -0.25) is 0 Å². The number of halogens is 1. The minimum atomic E-state index is 0.197. The van der Waals surface area contributed by atoms with Crippen molar-refractivity contribution < 1.29 is 13.9 Å². The van der Waals surface area contributed by atoms with Crippen molar-refractivity contribution >= 4 is 11.6 Å². The number of hydrogen-bond donors (Lipinski definition) is 0. The molecule has 5 nitrogen and oxygen atoms in total. The van der Waals surface area contributed by atoms with Crippen LogP contribution in [0.15, 0.2) is 22.6 Å². The Balaban J connectivity index is 2.33. The number of alkyl halides is 1. The Morgan fingerprint density at radius 2 is 1.84 bits per heavy atom. The summed E-state index contributed by atoms with van der Waals surface area (Å²) in [5.41, 5.74) is 0.774. The van der Waals surface area contributed by atoms with Crippen LogP contribution in [0.3, 0.4) is 0 Å². The monoisotopic (exact) mass is 282 g/mol. The van der Waals surface area contributed by atoms with Crippen molar-refractivity contribution in [3.8, 4) is 23.0 Å². The molecule has 6 heteroatoms. The first kappa shape index (κ1) is 13.7. The van der Waals surface area contributed by atoms with Gasteiger partial charge in [0.2, 0.25) is 11.8 Å².